The van der Waals surface area contributed by atoms with Crippen molar-refractivity contribution in [1.82, 2.24) is 25.5 Å². The smallest absolute Gasteiger partial charge is 0.191 e. The van der Waals surface area contributed by atoms with Gasteiger partial charge in [0, 0.05) is 75.2 Å². The molecule has 2 aromatic heterocycles. The van der Waals surface area contributed by atoms with E-state index in [0.29, 0.717) is 6.54 Å². The number of nitrogens with zero attached hydrogens (tertiary/aromatic N) is 4. The fraction of sp³-hybridized carbons (Fsp3) is 0.391. The van der Waals surface area contributed by atoms with Crippen LogP contribution in [0.15, 0.2) is 53.8 Å². The second kappa shape index (κ2) is 11.3. The van der Waals surface area contributed by atoms with Crippen LogP contribution < -0.4 is 15.5 Å². The standard InChI is InChI=1S/C23H31N7.HI/c1-24-23(26-11-9-18-16-27-21-8-4-3-7-20(18)21)28-17-19-6-5-10-25-22(19)30-14-12-29(2)13-15-30;/h3-8,10,16,27H,9,11-15,17H2,1-2H3,(H2,24,26,28);1H. The molecule has 4 rings (SSSR count). The summed E-state index contributed by atoms with van der Waals surface area (Å²) < 4.78 is 0. The fourth-order valence-electron chi connectivity index (χ4n) is 3.92. The van der Waals surface area contributed by atoms with Gasteiger partial charge in [-0.15, -0.1) is 24.0 Å². The van der Waals surface area contributed by atoms with E-state index in [1.807, 2.05) is 19.3 Å². The molecule has 0 bridgehead atoms. The maximum Gasteiger partial charge on any atom is 0.191 e. The van der Waals surface area contributed by atoms with Gasteiger partial charge in [0.2, 0.25) is 0 Å². The number of guanidine groups is 1. The van der Waals surface area contributed by atoms with Gasteiger partial charge in [-0.1, -0.05) is 24.3 Å². The molecule has 0 unspecified atom stereocenters. The number of nitrogens with one attached hydrogen (secondary N) is 3. The number of aromatic nitrogens is 2. The van der Waals surface area contributed by atoms with E-state index in [1.54, 1.807) is 0 Å². The van der Waals surface area contributed by atoms with E-state index in [2.05, 4.69) is 79.0 Å². The van der Waals surface area contributed by atoms with Crippen LogP contribution in [0.1, 0.15) is 11.1 Å². The maximum absolute atomic E-state index is 4.66. The lowest BCUT2D eigenvalue weighted by Crippen LogP contribution is -2.45. The first kappa shape index (κ1) is 23.3. The Bertz CT molecular complexity index is 992. The van der Waals surface area contributed by atoms with Crippen molar-refractivity contribution >= 4 is 46.7 Å². The molecule has 0 amide bonds. The van der Waals surface area contributed by atoms with Gasteiger partial charge in [0.25, 0.3) is 0 Å². The van der Waals surface area contributed by atoms with Crippen LogP contribution in [0.4, 0.5) is 5.82 Å². The summed E-state index contributed by atoms with van der Waals surface area (Å²) in [6.07, 6.45) is 4.91. The lowest BCUT2D eigenvalue weighted by molar-refractivity contribution is 0.312. The number of H-pyrrole nitrogens is 1. The van der Waals surface area contributed by atoms with Crippen LogP contribution in [0, 0.1) is 0 Å². The molecule has 0 atom stereocenters. The Hall–Kier alpha value is -2.33. The number of benzene rings is 1. The van der Waals surface area contributed by atoms with Gasteiger partial charge in [0.1, 0.15) is 5.82 Å². The van der Waals surface area contributed by atoms with Crippen LogP contribution in [0.25, 0.3) is 10.9 Å². The minimum atomic E-state index is 0. The lowest BCUT2D eigenvalue weighted by Gasteiger charge is -2.34. The SMILES string of the molecule is CN=C(NCCc1c[nH]c2ccccc12)NCc1cccnc1N1CCN(C)CC1.I. The summed E-state index contributed by atoms with van der Waals surface area (Å²) in [5.41, 5.74) is 3.70. The Kier molecular flexibility index (Phi) is 8.53. The van der Waals surface area contributed by atoms with Crippen molar-refractivity contribution < 1.29 is 0 Å². The number of anilines is 1. The Balaban J connectivity index is 0.00000272. The average molecular weight is 533 g/mol. The van der Waals surface area contributed by atoms with Crippen LogP contribution in [0.3, 0.4) is 0 Å². The second-order valence-corrected chi connectivity index (χ2v) is 7.74. The predicted molar refractivity (Wildman–Crippen MR) is 140 cm³/mol. The molecule has 166 valence electrons. The Morgan fingerprint density at radius 2 is 1.87 bits per heavy atom. The third-order valence-electron chi connectivity index (χ3n) is 5.70. The topological polar surface area (TPSA) is 71.6 Å². The van der Waals surface area contributed by atoms with Crippen molar-refractivity contribution in [2.24, 2.45) is 4.99 Å². The summed E-state index contributed by atoms with van der Waals surface area (Å²) in [5.74, 6) is 1.88. The van der Waals surface area contributed by atoms with E-state index < -0.39 is 0 Å². The molecule has 3 heterocycles. The lowest BCUT2D eigenvalue weighted by atomic mass is 10.1. The highest BCUT2D eigenvalue weighted by Crippen LogP contribution is 2.19. The molecule has 1 aromatic carbocycles. The number of para-hydroxylation sites is 1. The van der Waals surface area contributed by atoms with Crippen LogP contribution in [-0.4, -0.2) is 67.6 Å². The van der Waals surface area contributed by atoms with E-state index in [1.165, 1.54) is 22.0 Å². The highest BCUT2D eigenvalue weighted by atomic mass is 127. The average Bonchev–Trinajstić information content (AvgIpc) is 3.20. The number of piperazine rings is 1. The van der Waals surface area contributed by atoms with Crippen LogP contribution in [0.5, 0.6) is 0 Å². The molecule has 3 aromatic rings. The zero-order valence-corrected chi connectivity index (χ0v) is 20.6. The van der Waals surface area contributed by atoms with Gasteiger partial charge in [-0.05, 0) is 31.2 Å². The summed E-state index contributed by atoms with van der Waals surface area (Å²) in [6.45, 7) is 5.68. The first-order chi connectivity index (χ1) is 14.7. The van der Waals surface area contributed by atoms with Gasteiger partial charge >= 0.3 is 0 Å². The predicted octanol–water partition coefficient (Wildman–Crippen LogP) is 2.84. The summed E-state index contributed by atoms with van der Waals surface area (Å²) in [4.78, 5) is 17.1. The van der Waals surface area contributed by atoms with Gasteiger partial charge in [-0.2, -0.15) is 0 Å². The molecular weight excluding hydrogens is 501 g/mol. The molecular formula is C23H32IN7. The van der Waals surface area contributed by atoms with Crippen LogP contribution in [0.2, 0.25) is 0 Å². The molecule has 7 nitrogen and oxygen atoms in total. The number of aromatic amines is 1. The van der Waals surface area contributed by atoms with Crippen molar-refractivity contribution in [1.29, 1.82) is 0 Å². The van der Waals surface area contributed by atoms with Gasteiger partial charge in [0.15, 0.2) is 5.96 Å². The number of rotatable bonds is 6. The van der Waals surface area contributed by atoms with E-state index >= 15 is 0 Å². The Labute approximate surface area is 201 Å². The molecule has 0 spiro atoms. The highest BCUT2D eigenvalue weighted by Gasteiger charge is 2.18. The minimum absolute atomic E-state index is 0. The number of hydrogen-bond acceptors (Lipinski definition) is 4. The first-order valence-electron chi connectivity index (χ1n) is 10.6. The van der Waals surface area contributed by atoms with Crippen LogP contribution in [-0.2, 0) is 13.0 Å². The van der Waals surface area contributed by atoms with Gasteiger partial charge in [0.05, 0.1) is 0 Å². The third kappa shape index (κ3) is 5.88. The number of pyridine rings is 1. The fourth-order valence-corrected chi connectivity index (χ4v) is 3.92. The molecule has 1 aliphatic heterocycles. The normalized spacial score (nSPS) is 15.0. The van der Waals surface area contributed by atoms with E-state index in [0.717, 1.165) is 50.9 Å². The molecule has 1 fully saturated rings. The summed E-state index contributed by atoms with van der Waals surface area (Å²) in [7, 11) is 3.98. The molecule has 0 radical (unpaired) electrons. The van der Waals surface area contributed by atoms with Crippen LogP contribution >= 0.6 is 24.0 Å². The number of aliphatic imine (C=N–C) groups is 1. The Morgan fingerprint density at radius 3 is 2.68 bits per heavy atom. The van der Waals surface area contributed by atoms with Crippen molar-refractivity contribution in [2.45, 2.75) is 13.0 Å². The monoisotopic (exact) mass is 533 g/mol. The second-order valence-electron chi connectivity index (χ2n) is 7.74. The third-order valence-corrected chi connectivity index (χ3v) is 5.70. The van der Waals surface area contributed by atoms with Crippen molar-refractivity contribution in [3.8, 4) is 0 Å². The minimum Gasteiger partial charge on any atom is -0.361 e. The van der Waals surface area contributed by atoms with Gasteiger partial charge in [-0.3, -0.25) is 4.99 Å². The zero-order valence-electron chi connectivity index (χ0n) is 18.3. The van der Waals surface area contributed by atoms with Gasteiger partial charge in [-0.25, -0.2) is 4.98 Å². The number of halogens is 1. The van der Waals surface area contributed by atoms with Gasteiger partial charge < -0.3 is 25.4 Å². The first-order valence-corrected chi connectivity index (χ1v) is 10.6. The van der Waals surface area contributed by atoms with E-state index in [4.69, 9.17) is 0 Å². The Morgan fingerprint density at radius 1 is 1.06 bits per heavy atom. The molecule has 1 saturated heterocycles. The maximum atomic E-state index is 4.66. The molecule has 3 N–H and O–H groups in total. The van der Waals surface area contributed by atoms with Crippen molar-refractivity contribution in [2.75, 3.05) is 51.7 Å². The molecule has 8 heteroatoms. The molecule has 0 saturated carbocycles. The molecule has 31 heavy (non-hydrogen) atoms. The van der Waals surface area contributed by atoms with Crippen molar-refractivity contribution in [3.63, 3.8) is 0 Å². The molecule has 0 aliphatic carbocycles. The summed E-state index contributed by atoms with van der Waals surface area (Å²) in [5, 5.41) is 8.16. The largest absolute Gasteiger partial charge is 0.361 e. The summed E-state index contributed by atoms with van der Waals surface area (Å²) in [6, 6.07) is 12.6. The quantitative estimate of drug-likeness (QED) is 0.258. The van der Waals surface area contributed by atoms with E-state index in [-0.39, 0.29) is 24.0 Å². The number of likely N-dealkylation sites (N-methyl/N-ethyl adjacent to an activating group) is 1. The summed E-state index contributed by atoms with van der Waals surface area (Å²) >= 11 is 0. The van der Waals surface area contributed by atoms with E-state index in [9.17, 15) is 0 Å². The zero-order chi connectivity index (χ0) is 20.8. The number of fused-ring (bicyclic) bond motifs is 1. The van der Waals surface area contributed by atoms with Crippen molar-refractivity contribution in [3.05, 3.63) is 59.9 Å². The number of hydrogen-bond donors (Lipinski definition) is 3. The highest BCUT2D eigenvalue weighted by molar-refractivity contribution is 14.0. The molecule has 1 aliphatic rings.